The van der Waals surface area contributed by atoms with E-state index in [9.17, 15) is 14.7 Å². The molecule has 1 aliphatic rings. The largest absolute Gasteiger partial charge is 0.392 e. The van der Waals surface area contributed by atoms with Gasteiger partial charge in [0.25, 0.3) is 5.91 Å². The molecule has 6 nitrogen and oxygen atoms in total. The Bertz CT molecular complexity index is 1210. The third-order valence-electron chi connectivity index (χ3n) is 6.24. The molecule has 0 spiro atoms. The van der Waals surface area contributed by atoms with Crippen LogP contribution in [0.5, 0.6) is 0 Å². The van der Waals surface area contributed by atoms with Crippen molar-refractivity contribution in [2.24, 2.45) is 0 Å². The average Bonchev–Trinajstić information content (AvgIpc) is 2.83. The van der Waals surface area contributed by atoms with Crippen molar-refractivity contribution in [2.75, 3.05) is 16.8 Å². The zero-order valence-corrected chi connectivity index (χ0v) is 20.8. The van der Waals surface area contributed by atoms with Crippen molar-refractivity contribution in [2.45, 2.75) is 45.4 Å². The van der Waals surface area contributed by atoms with Crippen molar-refractivity contribution < 1.29 is 14.7 Å². The average molecular weight is 492 g/mol. The van der Waals surface area contributed by atoms with Crippen LogP contribution in [0.15, 0.2) is 66.7 Å². The number of fused-ring (bicyclic) bond motifs is 1. The molecule has 7 heteroatoms. The molecule has 1 heterocycles. The van der Waals surface area contributed by atoms with E-state index in [1.165, 1.54) is 0 Å². The first-order chi connectivity index (χ1) is 16.7. The number of hydrogen-bond acceptors (Lipinski definition) is 4. The zero-order chi connectivity index (χ0) is 25.1. The van der Waals surface area contributed by atoms with Gasteiger partial charge in [0.05, 0.1) is 12.1 Å². The van der Waals surface area contributed by atoms with Gasteiger partial charge in [-0.05, 0) is 85.5 Å². The summed E-state index contributed by atoms with van der Waals surface area (Å²) in [7, 11) is 0. The van der Waals surface area contributed by atoms with E-state index in [-0.39, 0.29) is 30.4 Å². The van der Waals surface area contributed by atoms with E-state index in [1.807, 2.05) is 53.4 Å². The lowest BCUT2D eigenvalue weighted by molar-refractivity contribution is -0.117. The van der Waals surface area contributed by atoms with Gasteiger partial charge in [0, 0.05) is 41.5 Å². The summed E-state index contributed by atoms with van der Waals surface area (Å²) >= 11 is 6.06. The highest BCUT2D eigenvalue weighted by molar-refractivity contribution is 6.30. The smallest absolute Gasteiger partial charge is 0.251 e. The number of carbonyl (C=O) groups excluding carboxylic acids is 2. The summed E-state index contributed by atoms with van der Waals surface area (Å²) in [5.41, 5.74) is 5.42. The Morgan fingerprint density at radius 3 is 2.34 bits per heavy atom. The summed E-state index contributed by atoms with van der Waals surface area (Å²) in [6.07, 6.45) is 0.168. The number of halogens is 1. The highest BCUT2D eigenvalue weighted by atomic mass is 35.5. The highest BCUT2D eigenvalue weighted by Crippen LogP contribution is 2.41. The third-order valence-corrected chi connectivity index (χ3v) is 6.49. The van der Waals surface area contributed by atoms with E-state index < -0.39 is 6.10 Å². The number of nitrogens with one attached hydrogen (secondary N) is 2. The van der Waals surface area contributed by atoms with Gasteiger partial charge in [0.2, 0.25) is 5.91 Å². The molecule has 0 saturated carbocycles. The predicted molar refractivity (Wildman–Crippen MR) is 141 cm³/mol. The van der Waals surface area contributed by atoms with Gasteiger partial charge in [0.15, 0.2) is 0 Å². The predicted octanol–water partition coefficient (Wildman–Crippen LogP) is 5.42. The highest BCUT2D eigenvalue weighted by Gasteiger charge is 2.32. The van der Waals surface area contributed by atoms with Crippen LogP contribution in [0.1, 0.15) is 49.2 Å². The Balaban J connectivity index is 1.65. The Labute approximate surface area is 210 Å². The van der Waals surface area contributed by atoms with Crippen molar-refractivity contribution in [3.8, 4) is 11.1 Å². The summed E-state index contributed by atoms with van der Waals surface area (Å²) in [4.78, 5) is 26.6. The molecule has 4 rings (SSSR count). The summed E-state index contributed by atoms with van der Waals surface area (Å²) in [5, 5.41) is 16.4. The molecule has 35 heavy (non-hydrogen) atoms. The minimum absolute atomic E-state index is 0.0160. The molecule has 0 radical (unpaired) electrons. The molecule has 0 saturated heterocycles. The Morgan fingerprint density at radius 2 is 1.71 bits per heavy atom. The SMILES string of the molecule is CC(=O)N1c2ccc(-c3ccc(C(=O)NCC(C)O)cc3)cc2[C@H](Nc2ccc(Cl)cc2)C[C@@H]1C. The van der Waals surface area contributed by atoms with Crippen molar-refractivity contribution in [3.63, 3.8) is 0 Å². The lowest BCUT2D eigenvalue weighted by atomic mass is 9.88. The number of carbonyl (C=O) groups is 2. The fourth-order valence-electron chi connectivity index (χ4n) is 4.56. The van der Waals surface area contributed by atoms with Crippen LogP contribution < -0.4 is 15.5 Å². The normalized spacial score (nSPS) is 17.9. The molecule has 0 fully saturated rings. The van der Waals surface area contributed by atoms with Crippen LogP contribution in [-0.2, 0) is 4.79 Å². The molecule has 3 aromatic rings. The number of nitrogens with zero attached hydrogens (tertiary/aromatic N) is 1. The van der Waals surface area contributed by atoms with E-state index in [0.29, 0.717) is 10.6 Å². The molecule has 3 N–H and O–H groups in total. The summed E-state index contributed by atoms with van der Waals surface area (Å²) in [6, 6.07) is 21.2. The van der Waals surface area contributed by atoms with Gasteiger partial charge in [-0.15, -0.1) is 0 Å². The van der Waals surface area contributed by atoms with Crippen molar-refractivity contribution in [1.82, 2.24) is 5.32 Å². The lowest BCUT2D eigenvalue weighted by Gasteiger charge is -2.39. The molecule has 1 unspecified atom stereocenters. The van der Waals surface area contributed by atoms with Gasteiger partial charge in [-0.25, -0.2) is 0 Å². The van der Waals surface area contributed by atoms with Crippen molar-refractivity contribution in [3.05, 3.63) is 82.9 Å². The molecule has 3 aromatic carbocycles. The maximum Gasteiger partial charge on any atom is 0.251 e. The number of benzene rings is 3. The Morgan fingerprint density at radius 1 is 1.06 bits per heavy atom. The van der Waals surface area contributed by atoms with Crippen LogP contribution >= 0.6 is 11.6 Å². The van der Waals surface area contributed by atoms with Crippen LogP contribution in [0.3, 0.4) is 0 Å². The number of hydrogen-bond donors (Lipinski definition) is 3. The van der Waals surface area contributed by atoms with E-state index in [0.717, 1.165) is 34.5 Å². The third kappa shape index (κ3) is 5.66. The van der Waals surface area contributed by atoms with Crippen molar-refractivity contribution >= 4 is 34.8 Å². The first-order valence-corrected chi connectivity index (χ1v) is 12.1. The topological polar surface area (TPSA) is 81.7 Å². The van der Waals surface area contributed by atoms with Gasteiger partial charge >= 0.3 is 0 Å². The number of aliphatic hydroxyl groups is 1. The van der Waals surface area contributed by atoms with Gasteiger partial charge < -0.3 is 20.6 Å². The first kappa shape index (κ1) is 24.8. The van der Waals surface area contributed by atoms with Crippen LogP contribution in [0.25, 0.3) is 11.1 Å². The first-order valence-electron chi connectivity index (χ1n) is 11.8. The van der Waals surface area contributed by atoms with Gasteiger partial charge in [-0.1, -0.05) is 29.8 Å². The molecule has 182 valence electrons. The summed E-state index contributed by atoms with van der Waals surface area (Å²) < 4.78 is 0. The van der Waals surface area contributed by atoms with Crippen LogP contribution in [0.2, 0.25) is 5.02 Å². The van der Waals surface area contributed by atoms with Gasteiger partial charge in [0.1, 0.15) is 0 Å². The molecule has 0 aliphatic carbocycles. The second-order valence-corrected chi connectivity index (χ2v) is 9.52. The molecule has 3 atom stereocenters. The number of anilines is 2. The number of amides is 2. The van der Waals surface area contributed by atoms with E-state index in [4.69, 9.17) is 11.6 Å². The number of aliphatic hydroxyl groups excluding tert-OH is 1. The van der Waals surface area contributed by atoms with Crippen LogP contribution in [0.4, 0.5) is 11.4 Å². The maximum absolute atomic E-state index is 12.5. The molecular weight excluding hydrogens is 462 g/mol. The lowest BCUT2D eigenvalue weighted by Crippen LogP contribution is -2.43. The zero-order valence-electron chi connectivity index (χ0n) is 20.1. The van der Waals surface area contributed by atoms with Crippen LogP contribution in [-0.4, -0.2) is 35.6 Å². The molecule has 0 aromatic heterocycles. The standard InChI is InChI=1S/C28H30ClN3O3/c1-17-14-26(31-24-11-9-23(29)10-12-24)25-15-22(8-13-27(25)32(17)19(3)34)20-4-6-21(7-5-20)28(35)30-16-18(2)33/h4-13,15,17-18,26,31,33H,14,16H2,1-3H3,(H,30,35)/t17-,18?,26+/m0/s1. The van der Waals surface area contributed by atoms with E-state index >= 15 is 0 Å². The van der Waals surface area contributed by atoms with E-state index in [2.05, 4.69) is 23.6 Å². The van der Waals surface area contributed by atoms with E-state index in [1.54, 1.807) is 26.0 Å². The Kier molecular flexibility index (Phi) is 7.43. The van der Waals surface area contributed by atoms with Gasteiger partial charge in [-0.3, -0.25) is 9.59 Å². The quantitative estimate of drug-likeness (QED) is 0.430. The monoisotopic (exact) mass is 491 g/mol. The number of rotatable bonds is 6. The second kappa shape index (κ2) is 10.5. The fourth-order valence-corrected chi connectivity index (χ4v) is 4.69. The van der Waals surface area contributed by atoms with Crippen LogP contribution in [0, 0.1) is 0 Å². The van der Waals surface area contributed by atoms with Crippen molar-refractivity contribution in [1.29, 1.82) is 0 Å². The minimum atomic E-state index is -0.597. The minimum Gasteiger partial charge on any atom is -0.392 e. The second-order valence-electron chi connectivity index (χ2n) is 9.09. The molecule has 1 aliphatic heterocycles. The fraction of sp³-hybridized carbons (Fsp3) is 0.286. The van der Waals surface area contributed by atoms with Gasteiger partial charge in [-0.2, -0.15) is 0 Å². The molecule has 0 bridgehead atoms. The molecular formula is C28H30ClN3O3. The maximum atomic E-state index is 12.5. The summed E-state index contributed by atoms with van der Waals surface area (Å²) in [6.45, 7) is 5.50. The summed E-state index contributed by atoms with van der Waals surface area (Å²) in [5.74, 6) is -0.204. The molecule has 2 amide bonds. The Hall–Kier alpha value is -3.35.